The summed E-state index contributed by atoms with van der Waals surface area (Å²) in [7, 11) is 0. The van der Waals surface area contributed by atoms with Gasteiger partial charge in [0, 0.05) is 6.54 Å². The Morgan fingerprint density at radius 1 is 1.47 bits per heavy atom. The molecule has 1 aromatic rings. The maximum atomic E-state index is 13.8. The molecule has 0 spiro atoms. The van der Waals surface area contributed by atoms with Crippen molar-refractivity contribution in [3.05, 3.63) is 35.1 Å². The molecule has 0 fully saturated rings. The molecule has 3 nitrogen and oxygen atoms in total. The first-order valence-electron chi connectivity index (χ1n) is 6.69. The molecule has 1 atom stereocenters. The minimum atomic E-state index is -0.344. The van der Waals surface area contributed by atoms with Crippen LogP contribution in [0, 0.1) is 18.7 Å². The molecule has 0 aromatic heterocycles. The lowest BCUT2D eigenvalue weighted by Gasteiger charge is -2.38. The lowest BCUT2D eigenvalue weighted by molar-refractivity contribution is 0.203. The van der Waals surface area contributed by atoms with Crippen molar-refractivity contribution in [2.24, 2.45) is 16.6 Å². The van der Waals surface area contributed by atoms with E-state index in [-0.39, 0.29) is 11.4 Å². The van der Waals surface area contributed by atoms with E-state index >= 15 is 0 Å². The summed E-state index contributed by atoms with van der Waals surface area (Å²) in [6.45, 7) is 9.52. The molecule has 1 heterocycles. The van der Waals surface area contributed by atoms with E-state index in [9.17, 15) is 4.39 Å². The molecule has 0 saturated heterocycles. The van der Waals surface area contributed by atoms with Crippen molar-refractivity contribution in [3.8, 4) is 0 Å². The molecule has 1 unspecified atom stereocenters. The van der Waals surface area contributed by atoms with Crippen LogP contribution in [0.2, 0.25) is 0 Å². The first-order chi connectivity index (χ1) is 8.84. The van der Waals surface area contributed by atoms with Gasteiger partial charge < -0.3 is 10.6 Å². The predicted molar refractivity (Wildman–Crippen MR) is 76.5 cm³/mol. The average molecular weight is 263 g/mol. The fourth-order valence-corrected chi connectivity index (χ4v) is 2.49. The van der Waals surface area contributed by atoms with Gasteiger partial charge >= 0.3 is 0 Å². The van der Waals surface area contributed by atoms with Gasteiger partial charge in [-0.25, -0.2) is 4.39 Å². The molecule has 2 rings (SSSR count). The first-order valence-corrected chi connectivity index (χ1v) is 6.69. The van der Waals surface area contributed by atoms with Crippen molar-refractivity contribution < 1.29 is 4.39 Å². The van der Waals surface area contributed by atoms with E-state index in [0.717, 1.165) is 12.1 Å². The highest BCUT2D eigenvalue weighted by molar-refractivity contribution is 5.81. The van der Waals surface area contributed by atoms with E-state index in [0.29, 0.717) is 24.0 Å². The van der Waals surface area contributed by atoms with Crippen LogP contribution < -0.4 is 5.73 Å². The monoisotopic (exact) mass is 263 g/mol. The van der Waals surface area contributed by atoms with Crippen molar-refractivity contribution in [1.29, 1.82) is 0 Å². The van der Waals surface area contributed by atoms with Gasteiger partial charge in [-0.1, -0.05) is 26.0 Å². The lowest BCUT2D eigenvalue weighted by Crippen LogP contribution is -2.49. The lowest BCUT2D eigenvalue weighted by atomic mass is 9.89. The van der Waals surface area contributed by atoms with Gasteiger partial charge in [0.25, 0.3) is 0 Å². The van der Waals surface area contributed by atoms with Gasteiger partial charge in [-0.15, -0.1) is 0 Å². The summed E-state index contributed by atoms with van der Waals surface area (Å²) in [5, 5.41) is 0. The van der Waals surface area contributed by atoms with Crippen LogP contribution >= 0.6 is 0 Å². The zero-order valence-corrected chi connectivity index (χ0v) is 12.1. The Morgan fingerprint density at radius 2 is 2.16 bits per heavy atom. The summed E-state index contributed by atoms with van der Waals surface area (Å²) >= 11 is 0. The molecule has 1 aromatic carbocycles. The Morgan fingerprint density at radius 3 is 2.74 bits per heavy atom. The van der Waals surface area contributed by atoms with Crippen LogP contribution in [0.4, 0.5) is 4.39 Å². The number of halogens is 1. The highest BCUT2D eigenvalue weighted by atomic mass is 19.1. The van der Waals surface area contributed by atoms with E-state index in [2.05, 4.69) is 30.7 Å². The largest absolute Gasteiger partial charge is 0.370 e. The third-order valence-electron chi connectivity index (χ3n) is 3.76. The van der Waals surface area contributed by atoms with Crippen LogP contribution in [0.15, 0.2) is 23.2 Å². The minimum absolute atomic E-state index is 0.173. The summed E-state index contributed by atoms with van der Waals surface area (Å²) < 4.78 is 13.8. The Kier molecular flexibility index (Phi) is 3.52. The van der Waals surface area contributed by atoms with Crippen LogP contribution in [-0.2, 0) is 5.54 Å². The fraction of sp³-hybridized carbons (Fsp3) is 0.533. The van der Waals surface area contributed by atoms with E-state index in [1.807, 2.05) is 12.1 Å². The molecular formula is C15H22FN3. The summed E-state index contributed by atoms with van der Waals surface area (Å²) in [6.07, 6.45) is 0. The maximum Gasteiger partial charge on any atom is 0.192 e. The van der Waals surface area contributed by atoms with E-state index in [1.165, 1.54) is 0 Å². The predicted octanol–water partition coefficient (Wildman–Crippen LogP) is 2.64. The molecular weight excluding hydrogens is 241 g/mol. The standard InChI is InChI=1S/C15H22FN3/c1-10(2)8-19-14(17)18-9-15(19,4)12-6-5-11(3)13(16)7-12/h5-7,10H,8-9H2,1-4H3,(H2,17,18). The van der Waals surface area contributed by atoms with Gasteiger partial charge in [0.05, 0.1) is 12.1 Å². The second kappa shape index (κ2) is 4.83. The quantitative estimate of drug-likeness (QED) is 0.911. The number of nitrogens with two attached hydrogens (primary N) is 1. The molecule has 0 bridgehead atoms. The average Bonchev–Trinajstić information content (AvgIpc) is 2.62. The zero-order chi connectivity index (χ0) is 14.2. The summed E-state index contributed by atoms with van der Waals surface area (Å²) in [5.74, 6) is 0.854. The van der Waals surface area contributed by atoms with Crippen LogP contribution in [0.1, 0.15) is 31.9 Å². The molecule has 0 radical (unpaired) electrons. The van der Waals surface area contributed by atoms with Gasteiger partial charge in [-0.2, -0.15) is 0 Å². The topological polar surface area (TPSA) is 41.6 Å². The molecule has 0 aliphatic carbocycles. The summed E-state index contributed by atoms with van der Waals surface area (Å²) in [6, 6.07) is 5.40. The molecule has 104 valence electrons. The molecule has 0 amide bonds. The summed E-state index contributed by atoms with van der Waals surface area (Å²) in [5.41, 5.74) is 7.24. The number of hydrogen-bond donors (Lipinski definition) is 1. The smallest absolute Gasteiger partial charge is 0.192 e. The summed E-state index contributed by atoms with van der Waals surface area (Å²) in [4.78, 5) is 6.44. The normalized spacial score (nSPS) is 23.1. The molecule has 0 saturated carbocycles. The fourth-order valence-electron chi connectivity index (χ4n) is 2.49. The Bertz CT molecular complexity index is 510. The van der Waals surface area contributed by atoms with Gasteiger partial charge in [0.15, 0.2) is 5.96 Å². The molecule has 1 aliphatic rings. The van der Waals surface area contributed by atoms with Crippen molar-refractivity contribution in [1.82, 2.24) is 4.90 Å². The zero-order valence-electron chi connectivity index (χ0n) is 12.1. The third kappa shape index (κ3) is 2.44. The maximum absolute atomic E-state index is 13.8. The Balaban J connectivity index is 2.38. The number of aryl methyl sites for hydroxylation is 1. The van der Waals surface area contributed by atoms with Gasteiger partial charge in [0.2, 0.25) is 0 Å². The second-order valence-electron chi connectivity index (χ2n) is 5.92. The van der Waals surface area contributed by atoms with Gasteiger partial charge in [-0.05, 0) is 37.0 Å². The number of hydrogen-bond acceptors (Lipinski definition) is 3. The van der Waals surface area contributed by atoms with Crippen molar-refractivity contribution in [2.75, 3.05) is 13.1 Å². The number of rotatable bonds is 3. The van der Waals surface area contributed by atoms with Gasteiger partial charge in [-0.3, -0.25) is 4.99 Å². The number of aliphatic imine (C=N–C) groups is 1. The third-order valence-corrected chi connectivity index (χ3v) is 3.76. The second-order valence-corrected chi connectivity index (χ2v) is 5.92. The van der Waals surface area contributed by atoms with Crippen LogP contribution in [-0.4, -0.2) is 23.9 Å². The van der Waals surface area contributed by atoms with Crippen molar-refractivity contribution >= 4 is 5.96 Å². The first kappa shape index (κ1) is 13.8. The van der Waals surface area contributed by atoms with E-state index in [1.54, 1.807) is 13.0 Å². The van der Waals surface area contributed by atoms with Crippen molar-refractivity contribution in [2.45, 2.75) is 33.2 Å². The molecule has 4 heteroatoms. The highest BCUT2D eigenvalue weighted by Crippen LogP contribution is 2.33. The Labute approximate surface area is 114 Å². The molecule has 19 heavy (non-hydrogen) atoms. The van der Waals surface area contributed by atoms with E-state index in [4.69, 9.17) is 5.73 Å². The number of benzene rings is 1. The van der Waals surface area contributed by atoms with Crippen LogP contribution in [0.5, 0.6) is 0 Å². The Hall–Kier alpha value is -1.58. The number of guanidine groups is 1. The molecule has 2 N–H and O–H groups in total. The SMILES string of the molecule is Cc1ccc(C2(C)CN=C(N)N2CC(C)C)cc1F. The minimum Gasteiger partial charge on any atom is -0.370 e. The highest BCUT2D eigenvalue weighted by Gasteiger charge is 2.39. The van der Waals surface area contributed by atoms with Crippen LogP contribution in [0.25, 0.3) is 0 Å². The molecule has 1 aliphatic heterocycles. The van der Waals surface area contributed by atoms with Gasteiger partial charge in [0.1, 0.15) is 5.82 Å². The number of nitrogens with zero attached hydrogens (tertiary/aromatic N) is 2. The van der Waals surface area contributed by atoms with E-state index < -0.39 is 0 Å². The van der Waals surface area contributed by atoms with Crippen LogP contribution in [0.3, 0.4) is 0 Å². The van der Waals surface area contributed by atoms with Crippen molar-refractivity contribution in [3.63, 3.8) is 0 Å².